The van der Waals surface area contributed by atoms with Gasteiger partial charge in [-0.05, 0) is 81.9 Å². The van der Waals surface area contributed by atoms with Crippen molar-refractivity contribution in [1.29, 1.82) is 0 Å². The summed E-state index contributed by atoms with van der Waals surface area (Å²) in [6.07, 6.45) is 11.6. The van der Waals surface area contributed by atoms with Crippen LogP contribution in [0.25, 0.3) is 0 Å². The van der Waals surface area contributed by atoms with E-state index in [1.807, 2.05) is 20.8 Å². The monoisotopic (exact) mass is 691 g/mol. The van der Waals surface area contributed by atoms with Crippen LogP contribution in [0.4, 0.5) is 23.1 Å². The Labute approximate surface area is 295 Å². The summed E-state index contributed by atoms with van der Waals surface area (Å²) in [7, 11) is 3.30. The fourth-order valence-electron chi connectivity index (χ4n) is 7.26. The molecule has 2 atom stereocenters. The summed E-state index contributed by atoms with van der Waals surface area (Å²) in [5.41, 5.74) is 1.67. The fraction of sp³-hybridized carbons (Fsp3) is 0.622. The van der Waals surface area contributed by atoms with Gasteiger partial charge in [-0.2, -0.15) is 4.98 Å². The number of hydrogen-bond acceptors (Lipinski definition) is 10. The molecule has 3 amide bonds. The van der Waals surface area contributed by atoms with Crippen molar-refractivity contribution in [3.8, 4) is 5.75 Å². The molecule has 0 saturated heterocycles. The van der Waals surface area contributed by atoms with E-state index in [1.54, 1.807) is 36.3 Å². The van der Waals surface area contributed by atoms with Gasteiger partial charge in [-0.3, -0.25) is 14.4 Å². The topological polar surface area (TPSA) is 155 Å². The fourth-order valence-corrected chi connectivity index (χ4v) is 7.26. The van der Waals surface area contributed by atoms with Crippen LogP contribution < -0.4 is 30.5 Å². The first-order valence-electron chi connectivity index (χ1n) is 18.3. The number of methoxy groups -OCH3 is 1. The lowest BCUT2D eigenvalue weighted by molar-refractivity contribution is -0.153. The Balaban J connectivity index is 1.17. The maximum absolute atomic E-state index is 13.2. The van der Waals surface area contributed by atoms with Crippen LogP contribution in [0.2, 0.25) is 0 Å². The van der Waals surface area contributed by atoms with E-state index < -0.39 is 6.04 Å². The molecule has 2 aromatic rings. The maximum Gasteiger partial charge on any atom is 0.328 e. The van der Waals surface area contributed by atoms with Gasteiger partial charge in [0.2, 0.25) is 17.8 Å². The summed E-state index contributed by atoms with van der Waals surface area (Å²) in [6.45, 7) is 6.33. The molecule has 0 radical (unpaired) electrons. The molecule has 1 aromatic carbocycles. The standard InChI is InChI=1S/C37H53N7O6/c1-6-29-35(47)43(4)30-22-39-37(42-33(30)44(29)25-12-7-8-13-25)41-27-18-17-24(21-31(27)49-5)34(46)38-19-11-16-32(45)40-28(20-23(2)3)36(48)50-26-14-9-10-15-26/h17-18,21-23,25-26,28-29H,6-16,19-20H2,1-5H3,(H,38,46)(H,40,45)(H,39,41,42)/t28-,29+/m1/s1. The number of rotatable bonds is 15. The zero-order chi connectivity index (χ0) is 35.8. The maximum atomic E-state index is 13.2. The van der Waals surface area contributed by atoms with Gasteiger partial charge in [0.1, 0.15) is 29.6 Å². The third-order valence-electron chi connectivity index (χ3n) is 9.90. The Morgan fingerprint density at radius 1 is 1.06 bits per heavy atom. The Morgan fingerprint density at radius 2 is 1.78 bits per heavy atom. The molecule has 2 saturated carbocycles. The van der Waals surface area contributed by atoms with Crippen LogP contribution in [0.15, 0.2) is 24.4 Å². The molecule has 2 aliphatic carbocycles. The normalized spacial score (nSPS) is 18.6. The van der Waals surface area contributed by atoms with Gasteiger partial charge in [0.05, 0.1) is 19.0 Å². The molecular formula is C37H53N7O6. The number of fused-ring (bicyclic) bond motifs is 1. The predicted octanol–water partition coefficient (Wildman–Crippen LogP) is 5.26. The van der Waals surface area contributed by atoms with Crippen molar-refractivity contribution in [1.82, 2.24) is 20.6 Å². The average Bonchev–Trinajstić information content (AvgIpc) is 3.83. The second kappa shape index (κ2) is 17.0. The summed E-state index contributed by atoms with van der Waals surface area (Å²) in [5, 5.41) is 8.95. The van der Waals surface area contributed by atoms with Gasteiger partial charge in [-0.1, -0.05) is 33.6 Å². The molecular weight excluding hydrogens is 638 g/mol. The minimum atomic E-state index is -0.672. The van der Waals surface area contributed by atoms with E-state index in [2.05, 4.69) is 25.8 Å². The van der Waals surface area contributed by atoms with E-state index in [-0.39, 0.29) is 60.8 Å². The lowest BCUT2D eigenvalue weighted by atomic mass is 10.0. The van der Waals surface area contributed by atoms with E-state index in [1.165, 1.54) is 7.11 Å². The van der Waals surface area contributed by atoms with Crippen LogP contribution in [0.5, 0.6) is 5.75 Å². The molecule has 50 heavy (non-hydrogen) atoms. The number of nitrogens with zero attached hydrogens (tertiary/aromatic N) is 4. The Hall–Kier alpha value is -4.42. The number of aromatic nitrogens is 2. The van der Waals surface area contributed by atoms with Gasteiger partial charge < -0.3 is 35.2 Å². The smallest absolute Gasteiger partial charge is 0.328 e. The van der Waals surface area contributed by atoms with E-state index in [0.29, 0.717) is 47.9 Å². The molecule has 0 bridgehead atoms. The van der Waals surface area contributed by atoms with E-state index in [9.17, 15) is 19.2 Å². The van der Waals surface area contributed by atoms with Crippen LogP contribution in [0, 0.1) is 5.92 Å². The highest BCUT2D eigenvalue weighted by Crippen LogP contribution is 2.40. The quantitative estimate of drug-likeness (QED) is 0.166. The average molecular weight is 692 g/mol. The lowest BCUT2D eigenvalue weighted by Gasteiger charge is -2.43. The third kappa shape index (κ3) is 8.83. The molecule has 272 valence electrons. The number of esters is 1. The number of carbonyl (C=O) groups is 4. The molecule has 13 heteroatoms. The Morgan fingerprint density at radius 3 is 2.46 bits per heavy atom. The second-order valence-electron chi connectivity index (χ2n) is 14.1. The van der Waals surface area contributed by atoms with Gasteiger partial charge in [0.25, 0.3) is 5.91 Å². The third-order valence-corrected chi connectivity index (χ3v) is 9.90. The largest absolute Gasteiger partial charge is 0.495 e. The molecule has 3 aliphatic rings. The van der Waals surface area contributed by atoms with Crippen LogP contribution >= 0.6 is 0 Å². The van der Waals surface area contributed by atoms with Crippen LogP contribution in [0.1, 0.15) is 108 Å². The van der Waals surface area contributed by atoms with E-state index >= 15 is 0 Å². The number of likely N-dealkylation sites (N-methyl/N-ethyl adjacent to an activating group) is 1. The van der Waals surface area contributed by atoms with Crippen molar-refractivity contribution in [2.45, 2.75) is 122 Å². The van der Waals surface area contributed by atoms with E-state index in [0.717, 1.165) is 57.2 Å². The first-order valence-corrected chi connectivity index (χ1v) is 18.3. The SMILES string of the molecule is CC[C@H]1C(=O)N(C)c2cnc(Nc3ccc(C(=O)NCCCC(=O)N[C@H](CC(C)C)C(=O)OC4CCCC4)cc3OC)nc2N1C1CCCC1. The van der Waals surface area contributed by atoms with Crippen molar-refractivity contribution in [2.24, 2.45) is 5.92 Å². The molecule has 0 spiro atoms. The van der Waals surface area contributed by atoms with Gasteiger partial charge >= 0.3 is 5.97 Å². The van der Waals surface area contributed by atoms with Gasteiger partial charge in [-0.25, -0.2) is 9.78 Å². The highest BCUT2D eigenvalue weighted by atomic mass is 16.5. The number of anilines is 4. The highest BCUT2D eigenvalue weighted by Gasteiger charge is 2.41. The highest BCUT2D eigenvalue weighted by molar-refractivity contribution is 6.04. The second-order valence-corrected chi connectivity index (χ2v) is 14.1. The van der Waals surface area contributed by atoms with Crippen molar-refractivity contribution >= 4 is 46.8 Å². The Bertz CT molecular complexity index is 1520. The summed E-state index contributed by atoms with van der Waals surface area (Å²) in [6, 6.07) is 4.37. The van der Waals surface area contributed by atoms with Gasteiger partial charge in [0.15, 0.2) is 5.82 Å². The van der Waals surface area contributed by atoms with Crippen LogP contribution in [-0.4, -0.2) is 78.6 Å². The number of ether oxygens (including phenoxy) is 2. The van der Waals surface area contributed by atoms with E-state index in [4.69, 9.17) is 14.5 Å². The minimum absolute atomic E-state index is 0.0547. The molecule has 13 nitrogen and oxygen atoms in total. The predicted molar refractivity (Wildman–Crippen MR) is 192 cm³/mol. The summed E-state index contributed by atoms with van der Waals surface area (Å²) < 4.78 is 11.3. The van der Waals surface area contributed by atoms with Crippen molar-refractivity contribution in [3.05, 3.63) is 30.0 Å². The molecule has 3 N–H and O–H groups in total. The number of hydrogen-bond donors (Lipinski definition) is 3. The number of nitrogens with one attached hydrogen (secondary N) is 3. The number of carbonyl (C=O) groups excluding carboxylic acids is 4. The number of amides is 3. The first-order chi connectivity index (χ1) is 24.1. The van der Waals surface area contributed by atoms with Crippen LogP contribution in [-0.2, 0) is 19.1 Å². The molecule has 2 heterocycles. The van der Waals surface area contributed by atoms with Gasteiger partial charge in [0, 0.05) is 31.6 Å². The molecule has 5 rings (SSSR count). The first kappa shape index (κ1) is 36.9. The summed E-state index contributed by atoms with van der Waals surface area (Å²) in [4.78, 5) is 64.9. The molecule has 2 fully saturated rings. The van der Waals surface area contributed by atoms with Crippen molar-refractivity contribution in [3.63, 3.8) is 0 Å². The molecule has 1 aliphatic heterocycles. The van der Waals surface area contributed by atoms with Gasteiger partial charge in [-0.15, -0.1) is 0 Å². The van der Waals surface area contributed by atoms with Crippen molar-refractivity contribution < 1.29 is 28.7 Å². The van der Waals surface area contributed by atoms with Crippen molar-refractivity contribution in [2.75, 3.05) is 35.8 Å². The summed E-state index contributed by atoms with van der Waals surface area (Å²) >= 11 is 0. The summed E-state index contributed by atoms with van der Waals surface area (Å²) in [5.74, 6) is 0.902. The minimum Gasteiger partial charge on any atom is -0.495 e. The zero-order valence-electron chi connectivity index (χ0n) is 30.1. The lowest BCUT2D eigenvalue weighted by Crippen LogP contribution is -2.55. The zero-order valence-corrected chi connectivity index (χ0v) is 30.1. The number of benzene rings is 1. The molecule has 1 aromatic heterocycles. The Kier molecular flexibility index (Phi) is 12.5. The molecule has 0 unspecified atom stereocenters. The van der Waals surface area contributed by atoms with Crippen LogP contribution in [0.3, 0.4) is 0 Å².